The summed E-state index contributed by atoms with van der Waals surface area (Å²) in [5, 5.41) is 0. The molecule has 1 aliphatic rings. The number of rotatable bonds is 3. The summed E-state index contributed by atoms with van der Waals surface area (Å²) in [6.45, 7) is 3.52. The molecule has 1 aromatic rings. The number of amides is 1. The summed E-state index contributed by atoms with van der Waals surface area (Å²) in [4.78, 5) is 14.5. The second-order valence-corrected chi connectivity index (χ2v) is 6.22. The molecule has 2 N–H and O–H groups in total. The number of methoxy groups -OCH3 is 1. The van der Waals surface area contributed by atoms with Crippen molar-refractivity contribution in [1.82, 2.24) is 4.90 Å². The van der Waals surface area contributed by atoms with Crippen LogP contribution in [0.5, 0.6) is 5.75 Å². The predicted molar refractivity (Wildman–Crippen MR) is 90.2 cm³/mol. The van der Waals surface area contributed by atoms with Gasteiger partial charge in [-0.05, 0) is 52.9 Å². The molecule has 6 heteroatoms. The molecular weight excluding hydrogens is 356 g/mol. The minimum Gasteiger partial charge on any atom is -0.496 e. The highest BCUT2D eigenvalue weighted by Crippen LogP contribution is 2.28. The van der Waals surface area contributed by atoms with Crippen LogP contribution in [0.3, 0.4) is 0 Å². The fraction of sp³-hybridized carbons (Fsp3) is 0.533. The fourth-order valence-corrected chi connectivity index (χ4v) is 3.25. The highest BCUT2D eigenvalue weighted by molar-refractivity contribution is 9.10. The predicted octanol–water partition coefficient (Wildman–Crippen LogP) is 3.08. The summed E-state index contributed by atoms with van der Waals surface area (Å²) < 4.78 is 5.98. The van der Waals surface area contributed by atoms with Crippen LogP contribution in [0, 0.1) is 5.92 Å². The van der Waals surface area contributed by atoms with E-state index in [1.807, 2.05) is 11.0 Å². The second-order valence-electron chi connectivity index (χ2n) is 5.37. The largest absolute Gasteiger partial charge is 0.496 e. The molecule has 4 nitrogen and oxygen atoms in total. The zero-order valence-electron chi connectivity index (χ0n) is 12.3. The third kappa shape index (κ3) is 4.11. The maximum atomic E-state index is 12.6. The molecule has 21 heavy (non-hydrogen) atoms. The van der Waals surface area contributed by atoms with Crippen LogP contribution in [-0.2, 0) is 0 Å². The Hall–Kier alpha value is -0.780. The highest BCUT2D eigenvalue weighted by Gasteiger charge is 2.29. The van der Waals surface area contributed by atoms with Crippen LogP contribution < -0.4 is 10.5 Å². The number of nitrogens with two attached hydrogens (primary N) is 1. The third-order valence-corrected chi connectivity index (χ3v) is 4.53. The minimum atomic E-state index is 0. The average Bonchev–Trinajstić information content (AvgIpc) is 2.46. The highest BCUT2D eigenvalue weighted by atomic mass is 79.9. The van der Waals surface area contributed by atoms with Gasteiger partial charge in [0.05, 0.1) is 11.6 Å². The Morgan fingerprint density at radius 2 is 2.24 bits per heavy atom. The van der Waals surface area contributed by atoms with Gasteiger partial charge >= 0.3 is 0 Å². The van der Waals surface area contributed by atoms with Crippen LogP contribution >= 0.6 is 28.3 Å². The first-order chi connectivity index (χ1) is 9.56. The zero-order chi connectivity index (χ0) is 14.7. The van der Waals surface area contributed by atoms with Gasteiger partial charge in [0, 0.05) is 24.7 Å². The van der Waals surface area contributed by atoms with Crippen LogP contribution in [0.4, 0.5) is 0 Å². The van der Waals surface area contributed by atoms with Gasteiger partial charge in [0.15, 0.2) is 0 Å². The number of ether oxygens (including phenoxy) is 1. The van der Waals surface area contributed by atoms with E-state index in [4.69, 9.17) is 10.5 Å². The maximum absolute atomic E-state index is 12.6. The Balaban J connectivity index is 0.00000220. The topological polar surface area (TPSA) is 55.6 Å². The van der Waals surface area contributed by atoms with Crippen molar-refractivity contribution in [2.45, 2.75) is 25.8 Å². The second kappa shape index (κ2) is 8.01. The number of hydrogen-bond acceptors (Lipinski definition) is 3. The number of piperidine rings is 1. The lowest BCUT2D eigenvalue weighted by Gasteiger charge is -2.38. The monoisotopic (exact) mass is 376 g/mol. The number of carbonyl (C=O) groups excluding carboxylic acids is 1. The van der Waals surface area contributed by atoms with Gasteiger partial charge < -0.3 is 15.4 Å². The Kier molecular flexibility index (Phi) is 6.97. The molecule has 1 amide bonds. The molecule has 0 aliphatic carbocycles. The summed E-state index contributed by atoms with van der Waals surface area (Å²) >= 11 is 3.42. The molecule has 1 fully saturated rings. The lowest BCUT2D eigenvalue weighted by molar-refractivity contribution is 0.0573. The van der Waals surface area contributed by atoms with Gasteiger partial charge in [-0.15, -0.1) is 12.4 Å². The molecule has 0 bridgehead atoms. The van der Waals surface area contributed by atoms with Crippen LogP contribution in [0.2, 0.25) is 0 Å². The summed E-state index contributed by atoms with van der Waals surface area (Å²) in [5.41, 5.74) is 6.50. The molecule has 0 saturated carbocycles. The van der Waals surface area contributed by atoms with E-state index < -0.39 is 0 Å². The first kappa shape index (κ1) is 18.3. The van der Waals surface area contributed by atoms with Crippen molar-refractivity contribution in [3.63, 3.8) is 0 Å². The summed E-state index contributed by atoms with van der Waals surface area (Å²) in [6, 6.07) is 5.57. The Bertz CT molecular complexity index is 499. The van der Waals surface area contributed by atoms with Gasteiger partial charge in [-0.2, -0.15) is 0 Å². The molecule has 0 radical (unpaired) electrons. The molecule has 1 saturated heterocycles. The molecule has 2 atom stereocenters. The number of benzene rings is 1. The van der Waals surface area contributed by atoms with E-state index in [0.717, 1.165) is 29.6 Å². The Morgan fingerprint density at radius 3 is 2.81 bits per heavy atom. The standard InChI is InChI=1S/C15H21BrN2O2.ClH/c1-10-5-6-18(12(7-10)9-17)15(19)11-3-4-14(20-2)13(16)8-11;/h3-4,8,10,12H,5-7,9,17H2,1-2H3;1H. The number of halogens is 2. The SMILES string of the molecule is COc1ccc(C(=O)N2CCC(C)CC2CN)cc1Br.Cl. The third-order valence-electron chi connectivity index (χ3n) is 3.91. The normalized spacial score (nSPS) is 21.6. The average molecular weight is 378 g/mol. The van der Waals surface area contributed by atoms with Gasteiger partial charge in [-0.3, -0.25) is 4.79 Å². The van der Waals surface area contributed by atoms with E-state index in [1.165, 1.54) is 0 Å². The molecule has 2 unspecified atom stereocenters. The molecule has 1 aliphatic heterocycles. The van der Waals surface area contributed by atoms with Gasteiger partial charge in [0.2, 0.25) is 0 Å². The summed E-state index contributed by atoms with van der Waals surface area (Å²) in [5.74, 6) is 1.41. The van der Waals surface area contributed by atoms with Gasteiger partial charge in [-0.1, -0.05) is 6.92 Å². The van der Waals surface area contributed by atoms with E-state index in [-0.39, 0.29) is 24.4 Å². The van der Waals surface area contributed by atoms with Crippen molar-refractivity contribution < 1.29 is 9.53 Å². The van der Waals surface area contributed by atoms with Gasteiger partial charge in [0.25, 0.3) is 5.91 Å². The quantitative estimate of drug-likeness (QED) is 0.880. The minimum absolute atomic E-state index is 0. The van der Waals surface area contributed by atoms with Crippen molar-refractivity contribution in [3.05, 3.63) is 28.2 Å². The number of likely N-dealkylation sites (tertiary alicyclic amines) is 1. The Labute approximate surface area is 140 Å². The van der Waals surface area contributed by atoms with Crippen molar-refractivity contribution in [2.75, 3.05) is 20.2 Å². The van der Waals surface area contributed by atoms with Crippen molar-refractivity contribution in [3.8, 4) is 5.75 Å². The lowest BCUT2D eigenvalue weighted by Crippen LogP contribution is -2.49. The first-order valence-electron chi connectivity index (χ1n) is 6.91. The van der Waals surface area contributed by atoms with Crippen molar-refractivity contribution in [1.29, 1.82) is 0 Å². The van der Waals surface area contributed by atoms with E-state index in [2.05, 4.69) is 22.9 Å². The lowest BCUT2D eigenvalue weighted by atomic mass is 9.92. The Morgan fingerprint density at radius 1 is 1.52 bits per heavy atom. The molecule has 2 rings (SSSR count). The van der Waals surface area contributed by atoms with Crippen molar-refractivity contribution >= 4 is 34.2 Å². The molecular formula is C15H22BrClN2O2. The fourth-order valence-electron chi connectivity index (χ4n) is 2.71. The zero-order valence-corrected chi connectivity index (χ0v) is 14.7. The van der Waals surface area contributed by atoms with Gasteiger partial charge in [-0.25, -0.2) is 0 Å². The van der Waals surface area contributed by atoms with E-state index >= 15 is 0 Å². The molecule has 0 aromatic heterocycles. The molecule has 118 valence electrons. The summed E-state index contributed by atoms with van der Waals surface area (Å²) in [6.07, 6.45) is 2.03. The van der Waals surface area contributed by atoms with Crippen LogP contribution in [0.15, 0.2) is 22.7 Å². The molecule has 1 heterocycles. The number of hydrogen-bond donors (Lipinski definition) is 1. The first-order valence-corrected chi connectivity index (χ1v) is 7.70. The number of carbonyl (C=O) groups is 1. The van der Waals surface area contributed by atoms with E-state index in [9.17, 15) is 4.79 Å². The summed E-state index contributed by atoms with van der Waals surface area (Å²) in [7, 11) is 1.61. The van der Waals surface area contributed by atoms with Crippen LogP contribution in [-0.4, -0.2) is 37.0 Å². The molecule has 1 aromatic carbocycles. The maximum Gasteiger partial charge on any atom is 0.254 e. The number of nitrogens with zero attached hydrogens (tertiary/aromatic N) is 1. The van der Waals surface area contributed by atoms with Crippen molar-refractivity contribution in [2.24, 2.45) is 11.7 Å². The van der Waals surface area contributed by atoms with E-state index in [0.29, 0.717) is 18.0 Å². The smallest absolute Gasteiger partial charge is 0.254 e. The molecule has 0 spiro atoms. The van der Waals surface area contributed by atoms with Gasteiger partial charge in [0.1, 0.15) is 5.75 Å². The van der Waals surface area contributed by atoms with Crippen LogP contribution in [0.25, 0.3) is 0 Å². The van der Waals surface area contributed by atoms with E-state index in [1.54, 1.807) is 19.2 Å². The van der Waals surface area contributed by atoms with Crippen LogP contribution in [0.1, 0.15) is 30.1 Å².